The molecule has 1 aliphatic heterocycles. The lowest BCUT2D eigenvalue weighted by atomic mass is 10.2. The molecule has 0 aliphatic carbocycles. The van der Waals surface area contributed by atoms with E-state index >= 15 is 0 Å². The van der Waals surface area contributed by atoms with Gasteiger partial charge in [0.1, 0.15) is 0 Å². The van der Waals surface area contributed by atoms with Crippen LogP contribution in [0.5, 0.6) is 0 Å². The molecule has 3 rings (SSSR count). The van der Waals surface area contributed by atoms with E-state index in [0.29, 0.717) is 6.04 Å². The van der Waals surface area contributed by atoms with Gasteiger partial charge in [0.05, 0.1) is 13.1 Å². The van der Waals surface area contributed by atoms with Crippen LogP contribution in [0.2, 0.25) is 0 Å². The Bertz CT molecular complexity index is 533. The Labute approximate surface area is 124 Å². The molecular formula is C14H23N7. The first-order valence-corrected chi connectivity index (χ1v) is 7.83. The van der Waals surface area contributed by atoms with Gasteiger partial charge in [-0.15, -0.1) is 5.10 Å². The number of aryl methyl sites for hydroxylation is 1. The lowest BCUT2D eigenvalue weighted by Crippen LogP contribution is -2.33. The quantitative estimate of drug-likeness (QED) is 0.769. The molecule has 0 aromatic carbocycles. The summed E-state index contributed by atoms with van der Waals surface area (Å²) in [5.41, 5.74) is 0. The van der Waals surface area contributed by atoms with Gasteiger partial charge in [-0.1, -0.05) is 13.3 Å². The normalized spacial score (nSPS) is 19.4. The zero-order valence-corrected chi connectivity index (χ0v) is 12.6. The van der Waals surface area contributed by atoms with Gasteiger partial charge in [0.2, 0.25) is 0 Å². The Morgan fingerprint density at radius 2 is 2.33 bits per heavy atom. The molecule has 0 bridgehead atoms. The van der Waals surface area contributed by atoms with Crippen LogP contribution in [0.15, 0.2) is 18.5 Å². The molecular weight excluding hydrogens is 266 g/mol. The molecule has 114 valence electrons. The van der Waals surface area contributed by atoms with Crippen LogP contribution in [-0.2, 0) is 19.6 Å². The maximum atomic E-state index is 4.31. The van der Waals surface area contributed by atoms with E-state index in [1.165, 1.54) is 12.8 Å². The molecule has 1 saturated heterocycles. The predicted molar refractivity (Wildman–Crippen MR) is 78.4 cm³/mol. The summed E-state index contributed by atoms with van der Waals surface area (Å²) in [6, 6.07) is 2.51. The first kappa shape index (κ1) is 14.2. The first-order chi connectivity index (χ1) is 10.4. The monoisotopic (exact) mass is 289 g/mol. The number of hydrogen-bond acceptors (Lipinski definition) is 5. The van der Waals surface area contributed by atoms with E-state index in [4.69, 9.17) is 0 Å². The molecule has 0 amide bonds. The molecule has 1 aliphatic rings. The van der Waals surface area contributed by atoms with Gasteiger partial charge in [-0.25, -0.2) is 4.68 Å². The average Bonchev–Trinajstić information content (AvgIpc) is 3.21. The first-order valence-electron chi connectivity index (χ1n) is 7.83. The van der Waals surface area contributed by atoms with Crippen molar-refractivity contribution in [3.63, 3.8) is 0 Å². The fourth-order valence-corrected chi connectivity index (χ4v) is 2.93. The number of aromatic nitrogens is 6. The molecule has 0 unspecified atom stereocenters. The Kier molecular flexibility index (Phi) is 4.59. The van der Waals surface area contributed by atoms with Crippen molar-refractivity contribution in [2.24, 2.45) is 0 Å². The molecule has 1 fully saturated rings. The maximum Gasteiger partial charge on any atom is 0.165 e. The summed E-state index contributed by atoms with van der Waals surface area (Å²) >= 11 is 0. The molecule has 0 radical (unpaired) electrons. The summed E-state index contributed by atoms with van der Waals surface area (Å²) in [6.07, 6.45) is 8.60. The zero-order valence-electron chi connectivity index (χ0n) is 12.6. The fourth-order valence-electron chi connectivity index (χ4n) is 2.93. The lowest BCUT2D eigenvalue weighted by molar-refractivity contribution is 0.210. The smallest absolute Gasteiger partial charge is 0.165 e. The predicted octanol–water partition coefficient (Wildman–Crippen LogP) is 1.33. The second-order valence-corrected chi connectivity index (χ2v) is 5.67. The third-order valence-corrected chi connectivity index (χ3v) is 4.13. The van der Waals surface area contributed by atoms with Crippen LogP contribution < -0.4 is 0 Å². The molecule has 7 heteroatoms. The van der Waals surface area contributed by atoms with Crippen LogP contribution in [0.25, 0.3) is 0 Å². The highest BCUT2D eigenvalue weighted by Crippen LogP contribution is 2.20. The van der Waals surface area contributed by atoms with Gasteiger partial charge in [0.15, 0.2) is 5.82 Å². The van der Waals surface area contributed by atoms with Crippen LogP contribution in [0.4, 0.5) is 0 Å². The largest absolute Gasteiger partial charge is 0.291 e. The summed E-state index contributed by atoms with van der Waals surface area (Å²) < 4.78 is 3.97. The molecule has 2 aromatic rings. The number of likely N-dealkylation sites (tertiary alicyclic amines) is 1. The minimum Gasteiger partial charge on any atom is -0.291 e. The molecule has 0 N–H and O–H groups in total. The highest BCUT2D eigenvalue weighted by atomic mass is 15.5. The molecule has 0 saturated carbocycles. The molecule has 1 atom stereocenters. The van der Waals surface area contributed by atoms with Crippen molar-refractivity contribution in [3.05, 3.63) is 24.3 Å². The minimum atomic E-state index is 0.529. The van der Waals surface area contributed by atoms with E-state index in [2.05, 4.69) is 32.4 Å². The van der Waals surface area contributed by atoms with Crippen LogP contribution in [0.1, 0.15) is 38.4 Å². The maximum absolute atomic E-state index is 4.31. The second kappa shape index (κ2) is 6.80. The van der Waals surface area contributed by atoms with Gasteiger partial charge in [0.25, 0.3) is 0 Å². The van der Waals surface area contributed by atoms with Gasteiger partial charge in [-0.2, -0.15) is 5.10 Å². The summed E-state index contributed by atoms with van der Waals surface area (Å²) in [6.45, 7) is 6.00. The highest BCUT2D eigenvalue weighted by Gasteiger charge is 2.26. The number of tetrazole rings is 1. The average molecular weight is 289 g/mol. The standard InChI is InChI=1S/C14H23N7/c1-2-3-10-21-14(16-17-18-21)12-19-8-4-6-13(19)11-20-9-5-7-15-20/h5,7,9,13H,2-4,6,8,10-12H2,1H3/t13-/m0/s1. The molecule has 0 spiro atoms. The summed E-state index contributed by atoms with van der Waals surface area (Å²) in [4.78, 5) is 2.48. The Balaban J connectivity index is 1.62. The number of nitrogens with zero attached hydrogens (tertiary/aromatic N) is 7. The third kappa shape index (κ3) is 3.47. The van der Waals surface area contributed by atoms with Gasteiger partial charge >= 0.3 is 0 Å². The second-order valence-electron chi connectivity index (χ2n) is 5.67. The fraction of sp³-hybridized carbons (Fsp3) is 0.714. The van der Waals surface area contributed by atoms with Crippen molar-refractivity contribution in [2.75, 3.05) is 6.54 Å². The summed E-state index contributed by atoms with van der Waals surface area (Å²) in [5.74, 6) is 0.982. The number of hydrogen-bond donors (Lipinski definition) is 0. The van der Waals surface area contributed by atoms with E-state index in [-0.39, 0.29) is 0 Å². The molecule has 7 nitrogen and oxygen atoms in total. The van der Waals surface area contributed by atoms with Crippen molar-refractivity contribution < 1.29 is 0 Å². The van der Waals surface area contributed by atoms with Gasteiger partial charge < -0.3 is 0 Å². The van der Waals surface area contributed by atoms with Crippen molar-refractivity contribution in [1.82, 2.24) is 34.9 Å². The van der Waals surface area contributed by atoms with Crippen molar-refractivity contribution in [1.29, 1.82) is 0 Å². The number of rotatable bonds is 7. The van der Waals surface area contributed by atoms with E-state index in [0.717, 1.165) is 44.8 Å². The Hall–Kier alpha value is -1.76. The lowest BCUT2D eigenvalue weighted by Gasteiger charge is -2.23. The Morgan fingerprint density at radius 3 is 3.14 bits per heavy atom. The van der Waals surface area contributed by atoms with Crippen molar-refractivity contribution in [3.8, 4) is 0 Å². The SMILES string of the molecule is CCCCn1nnnc1CN1CCC[C@H]1Cn1cccn1. The van der Waals surface area contributed by atoms with Crippen LogP contribution in [0.3, 0.4) is 0 Å². The van der Waals surface area contributed by atoms with Crippen molar-refractivity contribution >= 4 is 0 Å². The topological polar surface area (TPSA) is 64.7 Å². The van der Waals surface area contributed by atoms with E-state index < -0.39 is 0 Å². The van der Waals surface area contributed by atoms with Gasteiger partial charge in [-0.3, -0.25) is 9.58 Å². The summed E-state index contributed by atoms with van der Waals surface area (Å²) in [5, 5.41) is 16.5. The van der Waals surface area contributed by atoms with E-state index in [1.54, 1.807) is 0 Å². The van der Waals surface area contributed by atoms with Gasteiger partial charge in [0, 0.05) is 25.0 Å². The Morgan fingerprint density at radius 1 is 1.38 bits per heavy atom. The number of unbranched alkanes of at least 4 members (excludes halogenated alkanes) is 1. The zero-order chi connectivity index (χ0) is 14.5. The van der Waals surface area contributed by atoms with Gasteiger partial charge in [-0.05, 0) is 42.3 Å². The molecule has 21 heavy (non-hydrogen) atoms. The van der Waals surface area contributed by atoms with E-state index in [9.17, 15) is 0 Å². The van der Waals surface area contributed by atoms with Crippen LogP contribution in [-0.4, -0.2) is 47.5 Å². The minimum absolute atomic E-state index is 0.529. The van der Waals surface area contributed by atoms with Crippen LogP contribution in [0, 0.1) is 0 Å². The van der Waals surface area contributed by atoms with Crippen molar-refractivity contribution in [2.45, 2.75) is 58.3 Å². The molecule has 2 aromatic heterocycles. The van der Waals surface area contributed by atoms with Crippen LogP contribution >= 0.6 is 0 Å². The highest BCUT2D eigenvalue weighted by molar-refractivity contribution is 4.88. The van der Waals surface area contributed by atoms with E-state index in [1.807, 2.05) is 27.8 Å². The molecule has 3 heterocycles. The third-order valence-electron chi connectivity index (χ3n) is 4.13. The summed E-state index contributed by atoms with van der Waals surface area (Å²) in [7, 11) is 0.